The first-order chi connectivity index (χ1) is 9.11. The number of pyridine rings is 1. The average molecular weight is 250 g/mol. The molecule has 2 heterocycles. The highest BCUT2D eigenvalue weighted by molar-refractivity contribution is 5.52. The van der Waals surface area contributed by atoms with Crippen LogP contribution in [-0.4, -0.2) is 16.9 Å². The van der Waals surface area contributed by atoms with Crippen molar-refractivity contribution in [3.63, 3.8) is 0 Å². The second kappa shape index (κ2) is 4.23. The Morgan fingerprint density at radius 1 is 1.11 bits per heavy atom. The molecule has 0 bridgehead atoms. The minimum Gasteiger partial charge on any atom is -0.367 e. The van der Waals surface area contributed by atoms with Crippen molar-refractivity contribution < 1.29 is 0 Å². The van der Waals surface area contributed by atoms with Crippen molar-refractivity contribution in [1.29, 1.82) is 0 Å². The Kier molecular flexibility index (Phi) is 2.67. The third kappa shape index (κ3) is 1.84. The van der Waals surface area contributed by atoms with Crippen molar-refractivity contribution in [3.05, 3.63) is 64.3 Å². The average Bonchev–Trinajstić information content (AvgIpc) is 2.40. The quantitative estimate of drug-likeness (QED) is 0.767. The fourth-order valence-corrected chi connectivity index (χ4v) is 2.78. The van der Waals surface area contributed by atoms with Gasteiger partial charge >= 0.3 is 0 Å². The molecule has 0 saturated carbocycles. The summed E-state index contributed by atoms with van der Waals surface area (Å²) in [5.74, 6) is 0. The van der Waals surface area contributed by atoms with Crippen LogP contribution < -0.4 is 10.6 Å². The summed E-state index contributed by atoms with van der Waals surface area (Å²) < 4.78 is 0. The van der Waals surface area contributed by atoms with E-state index in [0.717, 1.165) is 5.35 Å². The van der Waals surface area contributed by atoms with E-state index in [9.17, 15) is 0 Å². The SMILES string of the molecule is Cc1ccccc1C1(C)C=c2ncccc2=CN1C. The minimum atomic E-state index is -0.146. The lowest BCUT2D eigenvalue weighted by molar-refractivity contribution is 0.308. The first-order valence-electron chi connectivity index (χ1n) is 6.56. The lowest BCUT2D eigenvalue weighted by Gasteiger charge is -2.39. The van der Waals surface area contributed by atoms with Crippen LogP contribution in [0.15, 0.2) is 42.6 Å². The normalized spacial score (nSPS) is 21.3. The maximum atomic E-state index is 4.49. The van der Waals surface area contributed by atoms with Crippen LogP contribution in [-0.2, 0) is 5.54 Å². The Labute approximate surface area is 113 Å². The monoisotopic (exact) mass is 250 g/mol. The molecule has 0 spiro atoms. The first-order valence-corrected chi connectivity index (χ1v) is 6.56. The molecule has 19 heavy (non-hydrogen) atoms. The van der Waals surface area contributed by atoms with Crippen molar-refractivity contribution in [3.8, 4) is 0 Å². The van der Waals surface area contributed by atoms with Gasteiger partial charge in [-0.15, -0.1) is 0 Å². The lowest BCUT2D eigenvalue weighted by atomic mass is 9.85. The molecule has 0 aliphatic carbocycles. The van der Waals surface area contributed by atoms with Crippen LogP contribution in [0.5, 0.6) is 0 Å². The second-order valence-corrected chi connectivity index (χ2v) is 5.32. The van der Waals surface area contributed by atoms with Gasteiger partial charge in [0.15, 0.2) is 0 Å². The Bertz CT molecular complexity index is 733. The van der Waals surface area contributed by atoms with Crippen LogP contribution >= 0.6 is 0 Å². The van der Waals surface area contributed by atoms with Gasteiger partial charge in [-0.3, -0.25) is 4.98 Å². The Balaban J connectivity index is 2.27. The van der Waals surface area contributed by atoms with Gasteiger partial charge in [-0.1, -0.05) is 24.3 Å². The van der Waals surface area contributed by atoms with Gasteiger partial charge in [0.25, 0.3) is 0 Å². The molecule has 1 aromatic carbocycles. The Morgan fingerprint density at radius 2 is 1.89 bits per heavy atom. The van der Waals surface area contributed by atoms with Crippen LogP contribution in [0.1, 0.15) is 18.1 Å². The number of aromatic nitrogens is 1. The molecular weight excluding hydrogens is 232 g/mol. The number of benzene rings is 1. The molecule has 0 amide bonds. The van der Waals surface area contributed by atoms with Gasteiger partial charge in [0.2, 0.25) is 0 Å². The fraction of sp³-hybridized carbons (Fsp3) is 0.235. The molecule has 1 aliphatic rings. The molecule has 1 atom stereocenters. The zero-order valence-corrected chi connectivity index (χ0v) is 11.6. The molecule has 0 saturated heterocycles. The number of nitrogens with zero attached hydrogens (tertiary/aromatic N) is 2. The molecule has 2 heteroatoms. The van der Waals surface area contributed by atoms with Gasteiger partial charge in [-0.25, -0.2) is 0 Å². The summed E-state index contributed by atoms with van der Waals surface area (Å²) in [6, 6.07) is 12.6. The summed E-state index contributed by atoms with van der Waals surface area (Å²) in [7, 11) is 2.12. The highest BCUT2D eigenvalue weighted by atomic mass is 15.2. The van der Waals surface area contributed by atoms with E-state index in [2.05, 4.69) is 73.4 Å². The van der Waals surface area contributed by atoms with Crippen molar-refractivity contribution in [2.24, 2.45) is 0 Å². The second-order valence-electron chi connectivity index (χ2n) is 5.32. The summed E-state index contributed by atoms with van der Waals surface area (Å²) in [4.78, 5) is 6.75. The van der Waals surface area contributed by atoms with Crippen LogP contribution in [0.25, 0.3) is 12.3 Å². The van der Waals surface area contributed by atoms with E-state index < -0.39 is 0 Å². The summed E-state index contributed by atoms with van der Waals surface area (Å²) in [5.41, 5.74) is 2.48. The molecule has 2 aromatic rings. The smallest absolute Gasteiger partial charge is 0.0827 e. The molecular formula is C17H18N2. The predicted molar refractivity (Wildman–Crippen MR) is 78.7 cm³/mol. The standard InChI is InChI=1S/C17H18N2/c1-13-7-4-5-9-15(13)17(2)11-16-14(12-19(17)3)8-6-10-18-16/h4-12H,1-3H3. The van der Waals surface area contributed by atoms with Crippen LogP contribution in [0.4, 0.5) is 0 Å². The van der Waals surface area contributed by atoms with Crippen LogP contribution in [0.2, 0.25) is 0 Å². The highest BCUT2D eigenvalue weighted by Gasteiger charge is 2.30. The Morgan fingerprint density at radius 3 is 2.68 bits per heavy atom. The van der Waals surface area contributed by atoms with E-state index >= 15 is 0 Å². The van der Waals surface area contributed by atoms with Gasteiger partial charge < -0.3 is 4.90 Å². The number of hydrogen-bond donors (Lipinski definition) is 0. The molecule has 0 fully saturated rings. The van der Waals surface area contributed by atoms with E-state index in [1.54, 1.807) is 0 Å². The molecule has 0 N–H and O–H groups in total. The van der Waals surface area contributed by atoms with Crippen LogP contribution in [0, 0.1) is 6.92 Å². The number of aryl methyl sites for hydroxylation is 1. The van der Waals surface area contributed by atoms with Gasteiger partial charge in [0.1, 0.15) is 0 Å². The van der Waals surface area contributed by atoms with Gasteiger partial charge in [0.05, 0.1) is 10.9 Å². The number of rotatable bonds is 1. The molecule has 3 rings (SSSR count). The summed E-state index contributed by atoms with van der Waals surface area (Å²) in [6.07, 6.45) is 6.28. The number of hydrogen-bond acceptors (Lipinski definition) is 2. The fourth-order valence-electron chi connectivity index (χ4n) is 2.78. The maximum absolute atomic E-state index is 4.49. The largest absolute Gasteiger partial charge is 0.367 e. The number of fused-ring (bicyclic) bond motifs is 1. The summed E-state index contributed by atoms with van der Waals surface area (Å²) >= 11 is 0. The molecule has 0 radical (unpaired) electrons. The third-order valence-corrected chi connectivity index (χ3v) is 4.04. The zero-order chi connectivity index (χ0) is 13.5. The third-order valence-electron chi connectivity index (χ3n) is 4.04. The van der Waals surface area contributed by atoms with Crippen molar-refractivity contribution in [1.82, 2.24) is 9.88 Å². The Hall–Kier alpha value is -2.09. The minimum absolute atomic E-state index is 0.146. The summed E-state index contributed by atoms with van der Waals surface area (Å²) in [6.45, 7) is 4.40. The van der Waals surface area contributed by atoms with Crippen molar-refractivity contribution in [2.45, 2.75) is 19.4 Å². The van der Waals surface area contributed by atoms with Gasteiger partial charge in [0, 0.05) is 24.7 Å². The molecule has 1 aromatic heterocycles. The molecule has 1 unspecified atom stereocenters. The molecule has 1 aliphatic heterocycles. The highest BCUT2D eigenvalue weighted by Crippen LogP contribution is 2.32. The molecule has 2 nitrogen and oxygen atoms in total. The van der Waals surface area contributed by atoms with E-state index in [0.29, 0.717) is 0 Å². The van der Waals surface area contributed by atoms with Gasteiger partial charge in [-0.2, -0.15) is 0 Å². The van der Waals surface area contributed by atoms with E-state index in [4.69, 9.17) is 0 Å². The maximum Gasteiger partial charge on any atom is 0.0827 e. The van der Waals surface area contributed by atoms with Crippen molar-refractivity contribution in [2.75, 3.05) is 7.05 Å². The van der Waals surface area contributed by atoms with Crippen molar-refractivity contribution >= 4 is 12.3 Å². The summed E-state index contributed by atoms with van der Waals surface area (Å²) in [5, 5.41) is 2.24. The van der Waals surface area contributed by atoms with Gasteiger partial charge in [-0.05, 0) is 43.2 Å². The molecule has 96 valence electrons. The van der Waals surface area contributed by atoms with Crippen LogP contribution in [0.3, 0.4) is 0 Å². The lowest BCUT2D eigenvalue weighted by Crippen LogP contribution is -2.46. The van der Waals surface area contributed by atoms with E-state index in [1.165, 1.54) is 16.3 Å². The first kappa shape index (κ1) is 12.0. The van der Waals surface area contributed by atoms with E-state index in [1.807, 2.05) is 12.3 Å². The van der Waals surface area contributed by atoms with E-state index in [-0.39, 0.29) is 5.54 Å². The topological polar surface area (TPSA) is 16.1 Å². The predicted octanol–water partition coefficient (Wildman–Crippen LogP) is 1.77. The zero-order valence-electron chi connectivity index (χ0n) is 11.6.